The number of carbonyl (C=O) groups excluding carboxylic acids is 2. The van der Waals surface area contributed by atoms with Crippen molar-refractivity contribution in [1.82, 2.24) is 4.90 Å². The zero-order chi connectivity index (χ0) is 20.1. The number of rotatable bonds is 3. The van der Waals surface area contributed by atoms with Crippen LogP contribution in [0.4, 0.5) is 4.79 Å². The predicted molar refractivity (Wildman–Crippen MR) is 104 cm³/mol. The standard InChI is InChI=1S/C23H21NO5/c25-14-9-13-11-24(21(22(26)27)19(13)10-14)23(28)29-12-20-17-7-3-1-5-15(17)16-6-2-4-8-18(16)20/h1-8,13,19-21H,9-12H2,(H,26,27)/t13-,19+,21+/m1/s1. The van der Waals surface area contributed by atoms with Gasteiger partial charge in [0.25, 0.3) is 0 Å². The van der Waals surface area contributed by atoms with Gasteiger partial charge in [-0.1, -0.05) is 48.5 Å². The number of carboxylic acids is 1. The number of nitrogens with zero attached hydrogens (tertiary/aromatic N) is 1. The first-order valence-electron chi connectivity index (χ1n) is 9.90. The fourth-order valence-corrected chi connectivity index (χ4v) is 5.30. The lowest BCUT2D eigenvalue weighted by molar-refractivity contribution is -0.143. The molecule has 29 heavy (non-hydrogen) atoms. The molecule has 0 unspecified atom stereocenters. The highest BCUT2D eigenvalue weighted by Crippen LogP contribution is 2.45. The van der Waals surface area contributed by atoms with E-state index in [1.54, 1.807) is 0 Å². The number of ketones is 1. The molecule has 2 fully saturated rings. The van der Waals surface area contributed by atoms with Crippen LogP contribution in [-0.4, -0.2) is 47.0 Å². The molecular weight excluding hydrogens is 370 g/mol. The Morgan fingerprint density at radius 2 is 1.62 bits per heavy atom. The highest BCUT2D eigenvalue weighted by atomic mass is 16.6. The first-order valence-corrected chi connectivity index (χ1v) is 9.90. The van der Waals surface area contributed by atoms with E-state index in [1.807, 2.05) is 36.4 Å². The lowest BCUT2D eigenvalue weighted by Gasteiger charge is -2.24. The molecule has 1 aliphatic heterocycles. The number of ether oxygens (including phenoxy) is 1. The van der Waals surface area contributed by atoms with E-state index < -0.39 is 18.1 Å². The summed E-state index contributed by atoms with van der Waals surface area (Å²) < 4.78 is 5.63. The average Bonchev–Trinajstić information content (AvgIpc) is 3.34. The van der Waals surface area contributed by atoms with E-state index in [0.29, 0.717) is 6.42 Å². The average molecular weight is 391 g/mol. The van der Waals surface area contributed by atoms with Crippen LogP contribution in [0, 0.1) is 11.8 Å². The first-order chi connectivity index (χ1) is 14.0. The van der Waals surface area contributed by atoms with Crippen molar-refractivity contribution in [2.24, 2.45) is 11.8 Å². The Balaban J connectivity index is 1.35. The van der Waals surface area contributed by atoms with Crippen molar-refractivity contribution in [2.45, 2.75) is 24.8 Å². The second-order valence-electron chi connectivity index (χ2n) is 8.11. The maximum absolute atomic E-state index is 12.8. The topological polar surface area (TPSA) is 83.9 Å². The van der Waals surface area contributed by atoms with Gasteiger partial charge in [-0.05, 0) is 28.2 Å². The molecule has 2 aliphatic carbocycles. The summed E-state index contributed by atoms with van der Waals surface area (Å²) in [4.78, 5) is 37.6. The largest absolute Gasteiger partial charge is 0.480 e. The lowest BCUT2D eigenvalue weighted by atomic mass is 9.94. The number of fused-ring (bicyclic) bond motifs is 4. The van der Waals surface area contributed by atoms with Crippen LogP contribution in [0.3, 0.4) is 0 Å². The van der Waals surface area contributed by atoms with E-state index in [1.165, 1.54) is 4.90 Å². The van der Waals surface area contributed by atoms with Gasteiger partial charge in [0.2, 0.25) is 0 Å². The number of carboxylic acid groups (broad SMARTS) is 1. The van der Waals surface area contributed by atoms with Crippen LogP contribution < -0.4 is 0 Å². The van der Waals surface area contributed by atoms with Gasteiger partial charge in [-0.2, -0.15) is 0 Å². The lowest BCUT2D eigenvalue weighted by Crippen LogP contribution is -2.44. The Hall–Kier alpha value is -3.15. The second kappa shape index (κ2) is 6.72. The molecule has 1 saturated heterocycles. The minimum Gasteiger partial charge on any atom is -0.480 e. The van der Waals surface area contributed by atoms with Gasteiger partial charge in [0.05, 0.1) is 0 Å². The minimum atomic E-state index is -1.07. The highest BCUT2D eigenvalue weighted by Gasteiger charge is 2.52. The summed E-state index contributed by atoms with van der Waals surface area (Å²) in [6, 6.07) is 15.2. The van der Waals surface area contributed by atoms with Crippen LogP contribution in [0.5, 0.6) is 0 Å². The van der Waals surface area contributed by atoms with Crippen molar-refractivity contribution in [3.63, 3.8) is 0 Å². The number of hydrogen-bond donors (Lipinski definition) is 1. The zero-order valence-electron chi connectivity index (χ0n) is 15.8. The summed E-state index contributed by atoms with van der Waals surface area (Å²) in [5.41, 5.74) is 4.50. The zero-order valence-corrected chi connectivity index (χ0v) is 15.8. The summed E-state index contributed by atoms with van der Waals surface area (Å²) in [5.74, 6) is -1.44. The normalized spacial score (nSPS) is 24.9. The predicted octanol–water partition coefficient (Wildman–Crippen LogP) is 3.30. The molecule has 2 aromatic carbocycles. The summed E-state index contributed by atoms with van der Waals surface area (Å²) in [6.07, 6.45) is -0.0303. The molecule has 3 aliphatic rings. The van der Waals surface area contributed by atoms with Crippen LogP contribution in [0.1, 0.15) is 29.9 Å². The molecule has 3 atom stereocenters. The molecule has 1 N–H and O–H groups in total. The Labute approximate surface area is 168 Å². The molecule has 0 radical (unpaired) electrons. The number of amides is 1. The third-order valence-corrected chi connectivity index (χ3v) is 6.55. The van der Waals surface area contributed by atoms with Crippen molar-refractivity contribution >= 4 is 17.8 Å². The van der Waals surface area contributed by atoms with E-state index >= 15 is 0 Å². The fraction of sp³-hybridized carbons (Fsp3) is 0.348. The molecule has 0 aromatic heterocycles. The van der Waals surface area contributed by atoms with Crippen molar-refractivity contribution in [3.05, 3.63) is 59.7 Å². The monoisotopic (exact) mass is 391 g/mol. The smallest absolute Gasteiger partial charge is 0.410 e. The Morgan fingerprint density at radius 1 is 1.00 bits per heavy atom. The van der Waals surface area contributed by atoms with E-state index in [0.717, 1.165) is 22.3 Å². The number of aliphatic carboxylic acids is 1. The summed E-state index contributed by atoms with van der Waals surface area (Å²) in [7, 11) is 0. The van der Waals surface area contributed by atoms with E-state index in [4.69, 9.17) is 4.74 Å². The van der Waals surface area contributed by atoms with Gasteiger partial charge in [-0.25, -0.2) is 9.59 Å². The van der Waals surface area contributed by atoms with Crippen molar-refractivity contribution in [1.29, 1.82) is 0 Å². The van der Waals surface area contributed by atoms with Crippen LogP contribution in [-0.2, 0) is 14.3 Å². The number of benzene rings is 2. The molecule has 1 saturated carbocycles. The van der Waals surface area contributed by atoms with Gasteiger partial charge in [0.1, 0.15) is 18.4 Å². The Morgan fingerprint density at radius 3 is 2.24 bits per heavy atom. The third-order valence-electron chi connectivity index (χ3n) is 6.55. The van der Waals surface area contributed by atoms with Gasteiger partial charge in [0.15, 0.2) is 0 Å². The summed E-state index contributed by atoms with van der Waals surface area (Å²) >= 11 is 0. The first kappa shape index (κ1) is 17.9. The van der Waals surface area contributed by atoms with Gasteiger partial charge in [0, 0.05) is 31.2 Å². The SMILES string of the molecule is O=C1C[C@@H]2CN(C(=O)OCC3c4ccccc4-c4ccccc43)[C@H](C(=O)O)[C@H]2C1. The fourth-order valence-electron chi connectivity index (χ4n) is 5.30. The molecule has 148 valence electrons. The highest BCUT2D eigenvalue weighted by molar-refractivity contribution is 5.87. The van der Waals surface area contributed by atoms with Crippen molar-refractivity contribution < 1.29 is 24.2 Å². The van der Waals surface area contributed by atoms with E-state index in [9.17, 15) is 19.5 Å². The summed E-state index contributed by atoms with van der Waals surface area (Å²) in [5, 5.41) is 9.65. The third kappa shape index (κ3) is 2.82. The van der Waals surface area contributed by atoms with Crippen molar-refractivity contribution in [2.75, 3.05) is 13.2 Å². The minimum absolute atomic E-state index is 0.0710. The molecule has 2 aromatic rings. The Kier molecular flexibility index (Phi) is 4.15. The van der Waals surface area contributed by atoms with Crippen LogP contribution in [0.15, 0.2) is 48.5 Å². The van der Waals surface area contributed by atoms with Gasteiger partial charge in [-0.15, -0.1) is 0 Å². The van der Waals surface area contributed by atoms with Crippen molar-refractivity contribution in [3.8, 4) is 11.1 Å². The second-order valence-corrected chi connectivity index (χ2v) is 8.11. The quantitative estimate of drug-likeness (QED) is 0.868. The van der Waals surface area contributed by atoms with Gasteiger partial charge in [-0.3, -0.25) is 9.69 Å². The molecule has 5 rings (SSSR count). The van der Waals surface area contributed by atoms with Crippen LogP contribution in [0.2, 0.25) is 0 Å². The van der Waals surface area contributed by atoms with E-state index in [-0.39, 0.29) is 43.1 Å². The molecule has 6 nitrogen and oxygen atoms in total. The maximum atomic E-state index is 12.8. The van der Waals surface area contributed by atoms with Gasteiger partial charge < -0.3 is 9.84 Å². The van der Waals surface area contributed by atoms with Crippen LogP contribution in [0.25, 0.3) is 11.1 Å². The molecule has 1 amide bonds. The Bertz CT molecular complexity index is 970. The van der Waals surface area contributed by atoms with Crippen LogP contribution >= 0.6 is 0 Å². The maximum Gasteiger partial charge on any atom is 0.410 e. The van der Waals surface area contributed by atoms with E-state index in [2.05, 4.69) is 12.1 Å². The molecule has 1 heterocycles. The molecular formula is C23H21NO5. The molecule has 6 heteroatoms. The summed E-state index contributed by atoms with van der Waals surface area (Å²) in [6.45, 7) is 0.425. The molecule has 0 bridgehead atoms. The van der Waals surface area contributed by atoms with Gasteiger partial charge >= 0.3 is 12.1 Å². The number of hydrogen-bond acceptors (Lipinski definition) is 4. The number of carbonyl (C=O) groups is 3. The number of likely N-dealkylation sites (tertiary alicyclic amines) is 1. The molecule has 0 spiro atoms. The number of Topliss-reactive ketones (excluding diaryl/α,β-unsaturated/α-hetero) is 1.